The highest BCUT2D eigenvalue weighted by molar-refractivity contribution is 6.31. The van der Waals surface area contributed by atoms with Gasteiger partial charge in [0.1, 0.15) is 0 Å². The van der Waals surface area contributed by atoms with Crippen molar-refractivity contribution in [2.75, 3.05) is 6.54 Å². The van der Waals surface area contributed by atoms with Gasteiger partial charge in [-0.3, -0.25) is 9.59 Å². The molecule has 2 unspecified atom stereocenters. The molecule has 3 rings (SSSR count). The molecule has 2 atom stereocenters. The van der Waals surface area contributed by atoms with Crippen molar-refractivity contribution >= 4 is 41.4 Å². The standard InChI is InChI=1S/C20H25ClN2O2.ClH/c1-2-5-14(22)11-15-6-3-4-9-23(15)20(25)18-12-19(24)17-10-13(21)7-8-16(17)18;/h7-8,10,15,18,22H,2-6,9,11-12H2,1H3;1H. The third kappa shape index (κ3) is 4.29. The molecular weight excluding hydrogens is 371 g/mol. The normalized spacial score (nSPS) is 21.9. The molecule has 1 fully saturated rings. The predicted molar refractivity (Wildman–Crippen MR) is 107 cm³/mol. The Hall–Kier alpha value is -1.39. The summed E-state index contributed by atoms with van der Waals surface area (Å²) in [5.41, 5.74) is 2.13. The number of carbonyl (C=O) groups excluding carboxylic acids is 2. The second-order valence-electron chi connectivity index (χ2n) is 7.15. The van der Waals surface area contributed by atoms with Crippen LogP contribution in [0.4, 0.5) is 0 Å². The molecule has 0 aromatic heterocycles. The van der Waals surface area contributed by atoms with E-state index in [1.807, 2.05) is 11.0 Å². The molecule has 1 aliphatic carbocycles. The Morgan fingerprint density at radius 1 is 1.35 bits per heavy atom. The van der Waals surface area contributed by atoms with E-state index in [0.717, 1.165) is 49.9 Å². The number of halogens is 2. The van der Waals surface area contributed by atoms with Gasteiger partial charge in [-0.15, -0.1) is 12.4 Å². The first kappa shape index (κ1) is 20.9. The molecule has 142 valence electrons. The van der Waals surface area contributed by atoms with Gasteiger partial charge in [-0.25, -0.2) is 0 Å². The van der Waals surface area contributed by atoms with E-state index in [2.05, 4.69) is 6.92 Å². The first-order valence-corrected chi connectivity index (χ1v) is 9.58. The van der Waals surface area contributed by atoms with Gasteiger partial charge in [-0.05, 0) is 43.4 Å². The van der Waals surface area contributed by atoms with Crippen LogP contribution in [0, 0.1) is 5.41 Å². The van der Waals surface area contributed by atoms with Crippen LogP contribution in [0.25, 0.3) is 0 Å². The van der Waals surface area contributed by atoms with Crippen molar-refractivity contribution in [3.05, 3.63) is 34.3 Å². The first-order chi connectivity index (χ1) is 12.0. The monoisotopic (exact) mass is 396 g/mol. The summed E-state index contributed by atoms with van der Waals surface area (Å²) in [6.07, 6.45) is 5.71. The molecule has 6 heteroatoms. The number of amides is 1. The summed E-state index contributed by atoms with van der Waals surface area (Å²) in [6.45, 7) is 2.81. The lowest BCUT2D eigenvalue weighted by Crippen LogP contribution is -2.46. The summed E-state index contributed by atoms with van der Waals surface area (Å²) >= 11 is 6.00. The van der Waals surface area contributed by atoms with Crippen LogP contribution < -0.4 is 0 Å². The molecule has 2 aliphatic rings. The van der Waals surface area contributed by atoms with Crippen LogP contribution in [-0.2, 0) is 4.79 Å². The van der Waals surface area contributed by atoms with Crippen molar-refractivity contribution in [2.45, 2.75) is 63.8 Å². The van der Waals surface area contributed by atoms with Crippen molar-refractivity contribution < 1.29 is 9.59 Å². The van der Waals surface area contributed by atoms with E-state index >= 15 is 0 Å². The molecule has 26 heavy (non-hydrogen) atoms. The van der Waals surface area contributed by atoms with Crippen LogP contribution in [0.5, 0.6) is 0 Å². The molecule has 0 bridgehead atoms. The Balaban J connectivity index is 0.00000243. The number of hydrogen-bond donors (Lipinski definition) is 1. The van der Waals surface area contributed by atoms with Crippen LogP contribution in [-0.4, -0.2) is 34.9 Å². The van der Waals surface area contributed by atoms with Gasteiger partial charge in [0.25, 0.3) is 0 Å². The number of nitrogens with one attached hydrogen (secondary N) is 1. The Bertz CT molecular complexity index is 705. The van der Waals surface area contributed by atoms with Crippen molar-refractivity contribution in [1.29, 1.82) is 5.41 Å². The number of ketones is 1. The van der Waals surface area contributed by atoms with Gasteiger partial charge in [-0.2, -0.15) is 0 Å². The molecule has 1 saturated heterocycles. The van der Waals surface area contributed by atoms with Crippen LogP contribution in [0.2, 0.25) is 5.02 Å². The van der Waals surface area contributed by atoms with Crippen molar-refractivity contribution in [3.63, 3.8) is 0 Å². The molecule has 0 spiro atoms. The molecule has 0 radical (unpaired) electrons. The Labute approximate surface area is 166 Å². The zero-order valence-corrected chi connectivity index (χ0v) is 16.7. The molecule has 1 heterocycles. The number of carbonyl (C=O) groups is 2. The van der Waals surface area contributed by atoms with Crippen molar-refractivity contribution in [2.24, 2.45) is 0 Å². The highest BCUT2D eigenvalue weighted by atomic mass is 35.5. The minimum Gasteiger partial charge on any atom is -0.339 e. The predicted octanol–water partition coefficient (Wildman–Crippen LogP) is 5.02. The van der Waals surface area contributed by atoms with Gasteiger partial charge in [0.2, 0.25) is 5.91 Å². The molecule has 1 aromatic rings. The lowest BCUT2D eigenvalue weighted by atomic mass is 9.92. The fourth-order valence-corrected chi connectivity index (χ4v) is 4.26. The zero-order valence-electron chi connectivity index (χ0n) is 15.1. The summed E-state index contributed by atoms with van der Waals surface area (Å²) in [6, 6.07) is 5.36. The van der Waals surface area contributed by atoms with Gasteiger partial charge >= 0.3 is 0 Å². The number of Topliss-reactive ketones (excluding diaryl/α,β-unsaturated/α-hetero) is 1. The Morgan fingerprint density at radius 2 is 2.12 bits per heavy atom. The van der Waals surface area contributed by atoms with Gasteiger partial charge in [0.15, 0.2) is 5.78 Å². The molecule has 4 nitrogen and oxygen atoms in total. The van der Waals surface area contributed by atoms with Crippen LogP contribution in [0.15, 0.2) is 18.2 Å². The van der Waals surface area contributed by atoms with E-state index in [9.17, 15) is 9.59 Å². The second-order valence-corrected chi connectivity index (χ2v) is 7.59. The molecule has 0 saturated carbocycles. The fourth-order valence-electron chi connectivity index (χ4n) is 4.09. The Morgan fingerprint density at radius 3 is 2.85 bits per heavy atom. The average Bonchev–Trinajstić information content (AvgIpc) is 2.91. The van der Waals surface area contributed by atoms with E-state index in [-0.39, 0.29) is 42.5 Å². The lowest BCUT2D eigenvalue weighted by Gasteiger charge is -2.37. The van der Waals surface area contributed by atoms with Gasteiger partial charge in [-0.1, -0.05) is 31.0 Å². The summed E-state index contributed by atoms with van der Waals surface area (Å²) in [7, 11) is 0. The Kier molecular flexibility index (Phi) is 7.24. The van der Waals surface area contributed by atoms with Gasteiger partial charge in [0.05, 0.1) is 5.92 Å². The van der Waals surface area contributed by atoms with Gasteiger partial charge < -0.3 is 10.3 Å². The summed E-state index contributed by atoms with van der Waals surface area (Å²) < 4.78 is 0. The SMILES string of the molecule is CCCC(=N)CC1CCCCN1C(=O)C1CC(=O)c2cc(Cl)ccc21.Cl. The maximum absolute atomic E-state index is 13.2. The van der Waals surface area contributed by atoms with E-state index in [1.165, 1.54) is 0 Å². The highest BCUT2D eigenvalue weighted by Gasteiger charge is 2.39. The molecule has 1 aliphatic heterocycles. The molecule has 1 N–H and O–H groups in total. The third-order valence-corrected chi connectivity index (χ3v) is 5.56. The minimum atomic E-state index is -0.388. The van der Waals surface area contributed by atoms with E-state index < -0.39 is 0 Å². The van der Waals surface area contributed by atoms with E-state index in [4.69, 9.17) is 17.0 Å². The quantitative estimate of drug-likeness (QED) is 0.709. The zero-order chi connectivity index (χ0) is 18.0. The number of nitrogens with zero attached hydrogens (tertiary/aromatic N) is 1. The molecule has 1 aromatic carbocycles. The summed E-state index contributed by atoms with van der Waals surface area (Å²) in [4.78, 5) is 27.4. The summed E-state index contributed by atoms with van der Waals surface area (Å²) in [5.74, 6) is -0.340. The smallest absolute Gasteiger partial charge is 0.230 e. The number of benzene rings is 1. The average molecular weight is 397 g/mol. The highest BCUT2D eigenvalue weighted by Crippen LogP contribution is 2.37. The van der Waals surface area contributed by atoms with Crippen molar-refractivity contribution in [1.82, 2.24) is 4.90 Å². The number of rotatable bonds is 5. The van der Waals surface area contributed by atoms with Crippen LogP contribution in [0.3, 0.4) is 0 Å². The minimum absolute atomic E-state index is 0. The largest absolute Gasteiger partial charge is 0.339 e. The van der Waals surface area contributed by atoms with E-state index in [1.54, 1.807) is 12.1 Å². The maximum Gasteiger partial charge on any atom is 0.230 e. The molecule has 1 amide bonds. The number of likely N-dealkylation sites (tertiary alicyclic amines) is 1. The number of piperidine rings is 1. The van der Waals surface area contributed by atoms with Crippen LogP contribution in [0.1, 0.15) is 73.7 Å². The molecular formula is C20H26Cl2N2O2. The van der Waals surface area contributed by atoms with E-state index in [0.29, 0.717) is 17.0 Å². The number of fused-ring (bicyclic) bond motifs is 1. The van der Waals surface area contributed by atoms with Crippen molar-refractivity contribution in [3.8, 4) is 0 Å². The topological polar surface area (TPSA) is 61.2 Å². The second kappa shape index (κ2) is 9.01. The summed E-state index contributed by atoms with van der Waals surface area (Å²) in [5, 5.41) is 8.66. The first-order valence-electron chi connectivity index (χ1n) is 9.20. The maximum atomic E-state index is 13.2. The van der Waals surface area contributed by atoms with Crippen LogP contribution >= 0.6 is 24.0 Å². The third-order valence-electron chi connectivity index (χ3n) is 5.32. The fraction of sp³-hybridized carbons (Fsp3) is 0.550. The number of hydrogen-bond acceptors (Lipinski definition) is 3. The van der Waals surface area contributed by atoms with Gasteiger partial charge in [0, 0.05) is 41.7 Å². The lowest BCUT2D eigenvalue weighted by molar-refractivity contribution is -0.136.